The second-order valence-electron chi connectivity index (χ2n) is 5.13. The Labute approximate surface area is 125 Å². The molecule has 0 radical (unpaired) electrons. The quantitative estimate of drug-likeness (QED) is 0.894. The number of hydrogen-bond acceptors (Lipinski definition) is 2. The summed E-state index contributed by atoms with van der Waals surface area (Å²) in [4.78, 5) is 4.41. The van der Waals surface area contributed by atoms with E-state index in [-0.39, 0.29) is 11.7 Å². The first-order valence-electron chi connectivity index (χ1n) is 6.74. The Morgan fingerprint density at radius 2 is 2.15 bits per heavy atom. The van der Waals surface area contributed by atoms with Crippen LogP contribution in [-0.4, -0.2) is 10.1 Å². The molecule has 0 saturated heterocycles. The van der Waals surface area contributed by atoms with E-state index in [1.54, 1.807) is 18.3 Å². The SMILES string of the molecule is OC(c1c(F)cccc1Br)C1CCCc2cccnc21. The number of aryl methyl sites for hydroxylation is 1. The topological polar surface area (TPSA) is 33.1 Å². The lowest BCUT2D eigenvalue weighted by Gasteiger charge is -2.29. The van der Waals surface area contributed by atoms with Crippen LogP contribution in [0.3, 0.4) is 0 Å². The summed E-state index contributed by atoms with van der Waals surface area (Å²) in [6.07, 6.45) is 3.66. The second-order valence-corrected chi connectivity index (χ2v) is 5.98. The van der Waals surface area contributed by atoms with E-state index in [9.17, 15) is 9.50 Å². The molecule has 2 unspecified atom stereocenters. The van der Waals surface area contributed by atoms with E-state index < -0.39 is 6.10 Å². The molecule has 0 amide bonds. The summed E-state index contributed by atoms with van der Waals surface area (Å²) in [6.45, 7) is 0. The number of halogens is 2. The number of benzene rings is 1. The summed E-state index contributed by atoms with van der Waals surface area (Å²) >= 11 is 3.33. The highest BCUT2D eigenvalue weighted by Gasteiger charge is 2.31. The van der Waals surface area contributed by atoms with Crippen molar-refractivity contribution in [2.24, 2.45) is 0 Å². The monoisotopic (exact) mass is 335 g/mol. The molecule has 0 bridgehead atoms. The molecule has 104 valence electrons. The Morgan fingerprint density at radius 1 is 1.30 bits per heavy atom. The van der Waals surface area contributed by atoms with Gasteiger partial charge in [-0.2, -0.15) is 0 Å². The van der Waals surface area contributed by atoms with E-state index in [4.69, 9.17) is 0 Å². The van der Waals surface area contributed by atoms with E-state index in [1.807, 2.05) is 12.1 Å². The lowest BCUT2D eigenvalue weighted by molar-refractivity contribution is 0.129. The maximum absolute atomic E-state index is 14.0. The number of aliphatic hydroxyl groups excluding tert-OH is 1. The molecule has 0 saturated carbocycles. The molecular formula is C16H15BrFNO. The number of fused-ring (bicyclic) bond motifs is 1. The molecule has 20 heavy (non-hydrogen) atoms. The van der Waals surface area contributed by atoms with E-state index in [0.29, 0.717) is 10.0 Å². The Hall–Kier alpha value is -1.26. The van der Waals surface area contributed by atoms with Crippen molar-refractivity contribution in [3.63, 3.8) is 0 Å². The number of nitrogens with zero attached hydrogens (tertiary/aromatic N) is 1. The van der Waals surface area contributed by atoms with Crippen molar-refractivity contribution in [3.05, 3.63) is 63.6 Å². The minimum Gasteiger partial charge on any atom is -0.388 e. The van der Waals surface area contributed by atoms with E-state index in [0.717, 1.165) is 30.5 Å². The third kappa shape index (κ3) is 2.38. The number of pyridine rings is 1. The third-order valence-corrected chi connectivity index (χ3v) is 4.61. The van der Waals surface area contributed by atoms with E-state index in [2.05, 4.69) is 20.9 Å². The van der Waals surface area contributed by atoms with Gasteiger partial charge in [0.25, 0.3) is 0 Å². The van der Waals surface area contributed by atoms with Crippen LogP contribution in [0.4, 0.5) is 4.39 Å². The molecule has 0 aliphatic heterocycles. The highest BCUT2D eigenvalue weighted by Crippen LogP contribution is 2.41. The average Bonchev–Trinajstić information content (AvgIpc) is 2.46. The smallest absolute Gasteiger partial charge is 0.130 e. The number of aromatic nitrogens is 1. The summed E-state index contributed by atoms with van der Waals surface area (Å²) in [7, 11) is 0. The normalized spacial score (nSPS) is 19.4. The molecule has 1 aliphatic rings. The lowest BCUT2D eigenvalue weighted by atomic mass is 9.81. The molecule has 2 aromatic rings. The summed E-state index contributed by atoms with van der Waals surface area (Å²) in [6, 6.07) is 8.71. The molecule has 1 N–H and O–H groups in total. The maximum Gasteiger partial charge on any atom is 0.130 e. The van der Waals surface area contributed by atoms with Crippen LogP contribution in [0, 0.1) is 5.82 Å². The van der Waals surface area contributed by atoms with Gasteiger partial charge in [0, 0.05) is 27.8 Å². The van der Waals surface area contributed by atoms with E-state index in [1.165, 1.54) is 6.07 Å². The second kappa shape index (κ2) is 5.62. The van der Waals surface area contributed by atoms with Gasteiger partial charge in [-0.15, -0.1) is 0 Å². The van der Waals surface area contributed by atoms with Gasteiger partial charge in [-0.25, -0.2) is 4.39 Å². The molecule has 1 heterocycles. The Bertz CT molecular complexity index is 611. The molecule has 2 atom stereocenters. The fourth-order valence-corrected chi connectivity index (χ4v) is 3.52. The zero-order chi connectivity index (χ0) is 14.1. The van der Waals surface area contributed by atoms with Crippen LogP contribution < -0.4 is 0 Å². The van der Waals surface area contributed by atoms with Crippen molar-refractivity contribution in [2.75, 3.05) is 0 Å². The minimum atomic E-state index is -0.875. The first-order valence-corrected chi connectivity index (χ1v) is 7.53. The van der Waals surface area contributed by atoms with Crippen molar-refractivity contribution >= 4 is 15.9 Å². The average molecular weight is 336 g/mol. The first-order chi connectivity index (χ1) is 9.68. The lowest BCUT2D eigenvalue weighted by Crippen LogP contribution is -2.19. The summed E-state index contributed by atoms with van der Waals surface area (Å²) in [5, 5.41) is 10.6. The van der Waals surface area contributed by atoms with Gasteiger partial charge in [-0.05, 0) is 43.0 Å². The summed E-state index contributed by atoms with van der Waals surface area (Å²) < 4.78 is 14.6. The van der Waals surface area contributed by atoms with Gasteiger partial charge in [-0.3, -0.25) is 4.98 Å². The van der Waals surface area contributed by atoms with Crippen LogP contribution in [-0.2, 0) is 6.42 Å². The molecule has 1 aliphatic carbocycles. The molecular weight excluding hydrogens is 321 g/mol. The number of rotatable bonds is 2. The molecule has 0 fully saturated rings. The van der Waals surface area contributed by atoms with Crippen molar-refractivity contribution in [1.82, 2.24) is 4.98 Å². The van der Waals surface area contributed by atoms with Gasteiger partial charge in [0.15, 0.2) is 0 Å². The number of aliphatic hydroxyl groups is 1. The van der Waals surface area contributed by atoms with Gasteiger partial charge >= 0.3 is 0 Å². The largest absolute Gasteiger partial charge is 0.388 e. The predicted molar refractivity (Wildman–Crippen MR) is 79.0 cm³/mol. The van der Waals surface area contributed by atoms with Gasteiger partial charge in [-0.1, -0.05) is 28.1 Å². The zero-order valence-corrected chi connectivity index (χ0v) is 12.5. The van der Waals surface area contributed by atoms with Crippen molar-refractivity contribution in [1.29, 1.82) is 0 Å². The van der Waals surface area contributed by atoms with Crippen molar-refractivity contribution in [3.8, 4) is 0 Å². The first kappa shape index (κ1) is 13.7. The molecule has 0 spiro atoms. The van der Waals surface area contributed by atoms with Crippen LogP contribution in [0.5, 0.6) is 0 Å². The van der Waals surface area contributed by atoms with Gasteiger partial charge in [0.1, 0.15) is 5.82 Å². The molecule has 4 heteroatoms. The fourth-order valence-electron chi connectivity index (χ4n) is 2.95. The molecule has 2 nitrogen and oxygen atoms in total. The van der Waals surface area contributed by atoms with Crippen LogP contribution in [0.15, 0.2) is 41.0 Å². The van der Waals surface area contributed by atoms with Crippen LogP contribution in [0.1, 0.15) is 41.7 Å². The standard InChI is InChI=1S/C16H15BrFNO/c17-12-7-2-8-13(18)14(12)16(20)11-6-1-4-10-5-3-9-19-15(10)11/h2-3,5,7-9,11,16,20H,1,4,6H2. The Kier molecular flexibility index (Phi) is 3.85. The predicted octanol–water partition coefficient (Wildman–Crippen LogP) is 4.14. The summed E-state index contributed by atoms with van der Waals surface area (Å²) in [5.41, 5.74) is 2.40. The van der Waals surface area contributed by atoms with Crippen molar-refractivity contribution in [2.45, 2.75) is 31.3 Å². The van der Waals surface area contributed by atoms with Crippen LogP contribution in [0.25, 0.3) is 0 Å². The molecule has 1 aromatic carbocycles. The highest BCUT2D eigenvalue weighted by molar-refractivity contribution is 9.10. The molecule has 1 aromatic heterocycles. The third-order valence-electron chi connectivity index (χ3n) is 3.92. The van der Waals surface area contributed by atoms with Crippen molar-refractivity contribution < 1.29 is 9.50 Å². The van der Waals surface area contributed by atoms with Crippen LogP contribution in [0.2, 0.25) is 0 Å². The van der Waals surface area contributed by atoms with Gasteiger partial charge in [0.2, 0.25) is 0 Å². The minimum absolute atomic E-state index is 0.145. The fraction of sp³-hybridized carbons (Fsp3) is 0.312. The van der Waals surface area contributed by atoms with Gasteiger partial charge in [0.05, 0.1) is 6.10 Å². The Morgan fingerprint density at radius 3 is 2.95 bits per heavy atom. The van der Waals surface area contributed by atoms with E-state index >= 15 is 0 Å². The highest BCUT2D eigenvalue weighted by atomic mass is 79.9. The summed E-state index contributed by atoms with van der Waals surface area (Å²) in [5.74, 6) is -0.525. The van der Waals surface area contributed by atoms with Crippen LogP contribution >= 0.6 is 15.9 Å². The molecule has 3 rings (SSSR count). The number of hydrogen-bond donors (Lipinski definition) is 1. The maximum atomic E-state index is 14.0. The Balaban J connectivity index is 2.02. The van der Waals surface area contributed by atoms with Gasteiger partial charge < -0.3 is 5.11 Å². The zero-order valence-electron chi connectivity index (χ0n) is 10.9.